The predicted molar refractivity (Wildman–Crippen MR) is 38.9 cm³/mol. The van der Waals surface area contributed by atoms with Crippen LogP contribution in [0.3, 0.4) is 0 Å². The maximum absolute atomic E-state index is 7.50. The molecule has 65 valence electrons. The molecule has 0 amide bonds. The molecule has 0 aromatic heterocycles. The fourth-order valence-corrected chi connectivity index (χ4v) is 0.741. The van der Waals surface area contributed by atoms with Gasteiger partial charge in [-0.25, -0.2) is 0 Å². The Bertz CT molecular complexity index is 138. The van der Waals surface area contributed by atoms with Gasteiger partial charge in [0.25, 0.3) is 20.4 Å². The molecule has 0 N–H and O–H groups in total. The van der Waals surface area contributed by atoms with E-state index in [4.69, 9.17) is 14.4 Å². The van der Waals surface area contributed by atoms with Crippen molar-refractivity contribution in [1.29, 1.82) is 0 Å². The van der Waals surface area contributed by atoms with Gasteiger partial charge in [-0.1, -0.05) is 0 Å². The third kappa shape index (κ3) is 16.1. The average molecular weight is 256 g/mol. The van der Waals surface area contributed by atoms with Crippen molar-refractivity contribution in [3.8, 4) is 0 Å². The van der Waals surface area contributed by atoms with Crippen LogP contribution in [-0.2, 0) is 33.6 Å². The third-order valence-corrected chi connectivity index (χ3v) is 1.28. The zero-order valence-corrected chi connectivity index (χ0v) is 7.53. The Morgan fingerprint density at radius 2 is 1.50 bits per heavy atom. The normalized spacial score (nSPS) is 10.3. The molecule has 0 spiro atoms. The van der Waals surface area contributed by atoms with Crippen LogP contribution in [0.2, 0.25) is 0 Å². The van der Waals surface area contributed by atoms with Crippen LogP contribution in [0.25, 0.3) is 0 Å². The fourth-order valence-electron chi connectivity index (χ4n) is 0.408. The Morgan fingerprint density at radius 3 is 1.58 bits per heavy atom. The molecular weight excluding hydrogens is 251 g/mol. The Kier molecular flexibility index (Phi) is 32.4. The molecule has 4 heteroatoms. The summed E-state index contributed by atoms with van der Waals surface area (Å²) >= 11 is 3.10. The summed E-state index contributed by atoms with van der Waals surface area (Å²) in [4.78, 5) is 22.5. The van der Waals surface area contributed by atoms with E-state index in [-0.39, 0.29) is 0 Å². The van der Waals surface area contributed by atoms with Crippen LogP contribution >= 0.6 is 0 Å². The molecule has 1 aliphatic carbocycles. The first-order valence-corrected chi connectivity index (χ1v) is 3.26. The molecule has 0 aliphatic heterocycles. The van der Waals surface area contributed by atoms with Crippen molar-refractivity contribution in [2.24, 2.45) is 0 Å². The Hall–Kier alpha value is -0.848. The first-order valence-electron chi connectivity index (χ1n) is 2.49. The summed E-state index contributed by atoms with van der Waals surface area (Å²) in [6.07, 6.45) is 7.35. The van der Waals surface area contributed by atoms with Gasteiger partial charge < -0.3 is 0 Å². The van der Waals surface area contributed by atoms with Crippen LogP contribution in [0.4, 0.5) is 0 Å². The molecule has 0 aromatic carbocycles. The number of allylic oxidation sites excluding steroid dienone is 4. The summed E-state index contributed by atoms with van der Waals surface area (Å²) in [5.41, 5.74) is 0. The van der Waals surface area contributed by atoms with Crippen molar-refractivity contribution in [3.63, 3.8) is 0 Å². The zero-order chi connectivity index (χ0) is 10.4. The van der Waals surface area contributed by atoms with Gasteiger partial charge in [0.2, 0.25) is 0 Å². The summed E-state index contributed by atoms with van der Waals surface area (Å²) < 4.78 is 1.32. The first kappa shape index (κ1) is 17.3. The number of carbonyl (C=O) groups excluding carboxylic acids is 3. The molecule has 6 radical (unpaired) electrons. The van der Waals surface area contributed by atoms with Crippen molar-refractivity contribution in [2.75, 3.05) is 0 Å². The van der Waals surface area contributed by atoms with E-state index in [2.05, 4.69) is 57.8 Å². The summed E-state index contributed by atoms with van der Waals surface area (Å²) in [7, 11) is 0. The van der Waals surface area contributed by atoms with Gasteiger partial charge in [-0.3, -0.25) is 14.4 Å². The van der Waals surface area contributed by atoms with Gasteiger partial charge in [0.15, 0.2) is 0 Å². The molecule has 1 aliphatic rings. The van der Waals surface area contributed by atoms with Gasteiger partial charge in [-0.05, 0) is 0 Å². The molecule has 0 fully saturated rings. The molecular formula is C8H5O3Pd. The van der Waals surface area contributed by atoms with E-state index in [0.29, 0.717) is 0 Å². The van der Waals surface area contributed by atoms with E-state index in [1.165, 1.54) is 4.05 Å². The van der Waals surface area contributed by atoms with E-state index in [0.717, 1.165) is 6.42 Å². The second-order valence-corrected chi connectivity index (χ2v) is 2.20. The first-order chi connectivity index (χ1) is 5.89. The second kappa shape index (κ2) is 22.5. The fraction of sp³-hybridized carbons (Fsp3) is 0.125. The minimum absolute atomic E-state index is 1.10. The predicted octanol–water partition coefficient (Wildman–Crippen LogP) is 0.186. The van der Waals surface area contributed by atoms with E-state index in [1.807, 2.05) is 0 Å². The molecule has 0 saturated heterocycles. The van der Waals surface area contributed by atoms with Gasteiger partial charge >= 0.3 is 47.9 Å². The standard InChI is InChI=1S/C5H5.3CO.Pd/c1-2-4-5-3-1;3*1-2;/h1-3H,4H2;;;;. The van der Waals surface area contributed by atoms with Crippen molar-refractivity contribution in [2.45, 2.75) is 6.42 Å². The van der Waals surface area contributed by atoms with Gasteiger partial charge in [-0.15, -0.1) is 0 Å². The van der Waals surface area contributed by atoms with Gasteiger partial charge in [-0.2, -0.15) is 0 Å². The van der Waals surface area contributed by atoms with E-state index in [1.54, 1.807) is 0 Å². The van der Waals surface area contributed by atoms with Crippen molar-refractivity contribution >= 4 is 20.4 Å². The average Bonchev–Trinajstić information content (AvgIpc) is 2.66. The molecule has 12 heavy (non-hydrogen) atoms. The van der Waals surface area contributed by atoms with Crippen LogP contribution in [0.5, 0.6) is 0 Å². The summed E-state index contributed by atoms with van der Waals surface area (Å²) in [6.45, 7) is 13.5. The molecule has 1 rings (SSSR count). The monoisotopic (exact) mass is 255 g/mol. The van der Waals surface area contributed by atoms with Crippen molar-refractivity contribution in [3.05, 3.63) is 22.3 Å². The topological polar surface area (TPSA) is 51.2 Å². The van der Waals surface area contributed by atoms with Gasteiger partial charge in [0, 0.05) is 0 Å². The van der Waals surface area contributed by atoms with Crippen LogP contribution in [0.15, 0.2) is 22.3 Å². The SMILES string of the molecule is [C]=O.[C]=O.[C]=O.[Pd][C]1=CC=CC1. The number of hydrogen-bond acceptors (Lipinski definition) is 3. The maximum atomic E-state index is 7.50. The molecule has 0 bridgehead atoms. The quantitative estimate of drug-likeness (QED) is 0.581. The van der Waals surface area contributed by atoms with E-state index >= 15 is 0 Å². The molecule has 0 atom stereocenters. The molecule has 0 unspecified atom stereocenters. The van der Waals surface area contributed by atoms with Gasteiger partial charge in [0.05, 0.1) is 0 Å². The molecule has 0 saturated carbocycles. The Labute approximate surface area is 82.9 Å². The third-order valence-electron chi connectivity index (χ3n) is 0.703. The van der Waals surface area contributed by atoms with Crippen molar-refractivity contribution in [1.82, 2.24) is 0 Å². The van der Waals surface area contributed by atoms with E-state index < -0.39 is 0 Å². The van der Waals surface area contributed by atoms with Crippen LogP contribution in [0, 0.1) is 0 Å². The second-order valence-electron chi connectivity index (χ2n) is 1.21. The van der Waals surface area contributed by atoms with Crippen molar-refractivity contribution < 1.29 is 33.6 Å². The molecule has 0 aromatic rings. The Balaban J connectivity index is -0.000000117. The Morgan fingerprint density at radius 1 is 1.08 bits per heavy atom. The van der Waals surface area contributed by atoms with Crippen LogP contribution in [0.1, 0.15) is 6.42 Å². The van der Waals surface area contributed by atoms with Gasteiger partial charge in [0.1, 0.15) is 0 Å². The van der Waals surface area contributed by atoms with Crippen LogP contribution in [-0.4, -0.2) is 20.4 Å². The minimum atomic E-state index is 1.10. The van der Waals surface area contributed by atoms with Crippen LogP contribution < -0.4 is 0 Å². The molecule has 3 nitrogen and oxygen atoms in total. The number of rotatable bonds is 0. The zero-order valence-electron chi connectivity index (χ0n) is 5.98. The number of hydrogen-bond donors (Lipinski definition) is 0. The summed E-state index contributed by atoms with van der Waals surface area (Å²) in [5, 5.41) is 0. The molecule has 0 heterocycles. The summed E-state index contributed by atoms with van der Waals surface area (Å²) in [6, 6.07) is 0. The summed E-state index contributed by atoms with van der Waals surface area (Å²) in [5.74, 6) is 0. The van der Waals surface area contributed by atoms with E-state index in [9.17, 15) is 0 Å².